The number of aryl methyl sites for hydroxylation is 2. The molecule has 1 aliphatic rings. The maximum absolute atomic E-state index is 12.9. The second-order valence-electron chi connectivity index (χ2n) is 10.2. The Hall–Kier alpha value is -4.05. The second-order valence-corrected chi connectivity index (χ2v) is 12.8. The van der Waals surface area contributed by atoms with Gasteiger partial charge in [-0.3, -0.25) is 4.79 Å². The molecule has 3 N–H and O–H groups in total. The number of benzene rings is 2. The van der Waals surface area contributed by atoms with Crippen LogP contribution in [-0.2, 0) is 14.8 Å². The van der Waals surface area contributed by atoms with Crippen molar-refractivity contribution >= 4 is 49.1 Å². The van der Waals surface area contributed by atoms with E-state index < -0.39 is 10.0 Å². The van der Waals surface area contributed by atoms with E-state index in [0.717, 1.165) is 34.2 Å². The van der Waals surface area contributed by atoms with E-state index >= 15 is 0 Å². The van der Waals surface area contributed by atoms with Gasteiger partial charge in [-0.15, -0.1) is 11.3 Å². The summed E-state index contributed by atoms with van der Waals surface area (Å²) in [5.41, 5.74) is 3.60. The molecule has 212 valence electrons. The predicted molar refractivity (Wildman–Crippen MR) is 159 cm³/mol. The lowest BCUT2D eigenvalue weighted by Gasteiger charge is -2.29. The van der Waals surface area contributed by atoms with E-state index in [1.165, 1.54) is 30.4 Å². The van der Waals surface area contributed by atoms with Crippen molar-refractivity contribution in [3.63, 3.8) is 0 Å². The van der Waals surface area contributed by atoms with Crippen LogP contribution in [-0.4, -0.2) is 36.4 Å². The number of thiophene rings is 1. The molecule has 2 heterocycles. The van der Waals surface area contributed by atoms with Crippen LogP contribution < -0.4 is 20.1 Å². The average Bonchev–Trinajstić information content (AvgIpc) is 3.40. The van der Waals surface area contributed by atoms with E-state index in [1.54, 1.807) is 24.3 Å². The second kappa shape index (κ2) is 11.8. The number of nitrogens with zero attached hydrogens (tertiary/aromatic N) is 3. The van der Waals surface area contributed by atoms with Crippen molar-refractivity contribution in [3.8, 4) is 17.7 Å². The third-order valence-electron chi connectivity index (χ3n) is 6.93. The van der Waals surface area contributed by atoms with Crippen molar-refractivity contribution in [3.05, 3.63) is 64.5 Å². The van der Waals surface area contributed by atoms with Crippen LogP contribution in [0.1, 0.15) is 49.3 Å². The fraction of sp³-hybridized carbons (Fsp3) is 0.310. The minimum atomic E-state index is -3.69. The standard InChI is InChI=1S/C29H30N6O4S2/c1-17-14-20(16-30)15-18(2)26(17)39-28-27-25(12-13-40-27)33-29(34-28)32-22-4-6-23(7-5-22)35-41(37,38)24-10-8-21(9-11-24)31-19(3)36/h8-15,22-23,35H,4-7H2,1-3H3,(H,31,36)(H,32,33,34). The number of fused-ring (bicyclic) bond motifs is 1. The number of nitrogens with one attached hydrogen (secondary N) is 3. The third kappa shape index (κ3) is 6.65. The van der Waals surface area contributed by atoms with Gasteiger partial charge in [0.1, 0.15) is 10.4 Å². The molecule has 0 spiro atoms. The topological polar surface area (TPSA) is 146 Å². The lowest BCUT2D eigenvalue weighted by molar-refractivity contribution is -0.114. The highest BCUT2D eigenvalue weighted by Crippen LogP contribution is 2.36. The van der Waals surface area contributed by atoms with Gasteiger partial charge in [0.25, 0.3) is 0 Å². The van der Waals surface area contributed by atoms with Crippen molar-refractivity contribution in [1.82, 2.24) is 14.7 Å². The normalized spacial score (nSPS) is 17.1. The molecule has 2 aromatic carbocycles. The molecule has 0 radical (unpaired) electrons. The molecule has 10 nitrogen and oxygen atoms in total. The summed E-state index contributed by atoms with van der Waals surface area (Å²) in [6.45, 7) is 5.21. The highest BCUT2D eigenvalue weighted by molar-refractivity contribution is 7.89. The van der Waals surface area contributed by atoms with E-state index in [4.69, 9.17) is 9.72 Å². The lowest BCUT2D eigenvalue weighted by Crippen LogP contribution is -2.40. The molecule has 41 heavy (non-hydrogen) atoms. The maximum Gasteiger partial charge on any atom is 0.242 e. The third-order valence-corrected chi connectivity index (χ3v) is 9.36. The molecule has 0 unspecified atom stereocenters. The summed E-state index contributed by atoms with van der Waals surface area (Å²) >= 11 is 1.50. The number of anilines is 2. The van der Waals surface area contributed by atoms with Gasteiger partial charge in [-0.2, -0.15) is 10.2 Å². The van der Waals surface area contributed by atoms with Crippen molar-refractivity contribution in [1.29, 1.82) is 5.26 Å². The molecule has 2 aromatic heterocycles. The Balaban J connectivity index is 1.24. The number of aromatic nitrogens is 2. The van der Waals surface area contributed by atoms with E-state index in [1.807, 2.05) is 25.3 Å². The van der Waals surface area contributed by atoms with Crippen molar-refractivity contribution < 1.29 is 17.9 Å². The van der Waals surface area contributed by atoms with E-state index in [-0.39, 0.29) is 22.9 Å². The van der Waals surface area contributed by atoms with E-state index in [9.17, 15) is 18.5 Å². The van der Waals surface area contributed by atoms with Crippen LogP contribution in [0.5, 0.6) is 11.6 Å². The summed E-state index contributed by atoms with van der Waals surface area (Å²) in [5.74, 6) is 1.36. The fourth-order valence-corrected chi connectivity index (χ4v) is 7.05. The molecule has 1 fully saturated rings. The highest BCUT2D eigenvalue weighted by Gasteiger charge is 2.27. The summed E-state index contributed by atoms with van der Waals surface area (Å²) in [5, 5.41) is 17.3. The van der Waals surface area contributed by atoms with E-state index in [0.29, 0.717) is 41.7 Å². The number of rotatable bonds is 8. The summed E-state index contributed by atoms with van der Waals surface area (Å²) < 4.78 is 35.8. The number of carbonyl (C=O) groups is 1. The maximum atomic E-state index is 12.9. The molecule has 1 amide bonds. The Kier molecular flexibility index (Phi) is 8.21. The lowest BCUT2D eigenvalue weighted by atomic mass is 9.92. The zero-order valence-electron chi connectivity index (χ0n) is 22.9. The number of hydrogen-bond acceptors (Lipinski definition) is 9. The predicted octanol–water partition coefficient (Wildman–Crippen LogP) is 5.63. The molecule has 0 aliphatic heterocycles. The van der Waals surface area contributed by atoms with Crippen LogP contribution in [0.15, 0.2) is 52.7 Å². The molecule has 1 saturated carbocycles. The molecule has 5 rings (SSSR count). The first-order valence-corrected chi connectivity index (χ1v) is 15.6. The first-order valence-electron chi connectivity index (χ1n) is 13.2. The Morgan fingerprint density at radius 3 is 2.32 bits per heavy atom. The Bertz CT molecular complexity index is 1710. The van der Waals surface area contributed by atoms with Gasteiger partial charge < -0.3 is 15.4 Å². The number of hydrogen-bond donors (Lipinski definition) is 3. The van der Waals surface area contributed by atoms with Crippen LogP contribution in [0.4, 0.5) is 11.6 Å². The fourth-order valence-electron chi connectivity index (χ4n) is 4.99. The Morgan fingerprint density at radius 1 is 1.02 bits per heavy atom. The molecule has 12 heteroatoms. The quantitative estimate of drug-likeness (QED) is 0.239. The van der Waals surface area contributed by atoms with Crippen molar-refractivity contribution in [2.24, 2.45) is 0 Å². The molecule has 4 aromatic rings. The molecular weight excluding hydrogens is 560 g/mol. The number of amides is 1. The van der Waals surface area contributed by atoms with Gasteiger partial charge in [0, 0.05) is 24.7 Å². The highest BCUT2D eigenvalue weighted by atomic mass is 32.2. The van der Waals surface area contributed by atoms with Gasteiger partial charge in [0.15, 0.2) is 0 Å². The summed E-state index contributed by atoms with van der Waals surface area (Å²) in [6.07, 6.45) is 2.80. The van der Waals surface area contributed by atoms with Gasteiger partial charge in [0.05, 0.1) is 22.0 Å². The van der Waals surface area contributed by atoms with Crippen LogP contribution in [0.25, 0.3) is 10.2 Å². The first-order chi connectivity index (χ1) is 19.6. The molecular formula is C29H30N6O4S2. The van der Waals surface area contributed by atoms with Crippen LogP contribution in [0.3, 0.4) is 0 Å². The first kappa shape index (κ1) is 28.5. The molecule has 0 saturated heterocycles. The minimum absolute atomic E-state index is 0.0787. The zero-order valence-corrected chi connectivity index (χ0v) is 24.5. The molecule has 0 bridgehead atoms. The molecule has 0 atom stereocenters. The van der Waals surface area contributed by atoms with Crippen molar-refractivity contribution in [2.75, 3.05) is 10.6 Å². The van der Waals surface area contributed by atoms with Gasteiger partial charge >= 0.3 is 0 Å². The number of sulfonamides is 1. The Morgan fingerprint density at radius 2 is 1.68 bits per heavy atom. The van der Waals surface area contributed by atoms with Gasteiger partial charge in [-0.05, 0) is 98.5 Å². The number of carbonyl (C=O) groups excluding carboxylic acids is 1. The van der Waals surface area contributed by atoms with Gasteiger partial charge in [-0.25, -0.2) is 18.1 Å². The van der Waals surface area contributed by atoms with Crippen LogP contribution in [0, 0.1) is 25.2 Å². The smallest absolute Gasteiger partial charge is 0.242 e. The SMILES string of the molecule is CC(=O)Nc1ccc(S(=O)(=O)NC2CCC(Nc3nc(Oc4c(C)cc(C#N)cc4C)c4sccc4n3)CC2)cc1. The summed E-state index contributed by atoms with van der Waals surface area (Å²) in [4.78, 5) is 20.7. The van der Waals surface area contributed by atoms with Gasteiger partial charge in [-0.1, -0.05) is 0 Å². The minimum Gasteiger partial charge on any atom is -0.437 e. The van der Waals surface area contributed by atoms with Crippen LogP contribution in [0.2, 0.25) is 0 Å². The molecule has 1 aliphatic carbocycles. The zero-order chi connectivity index (χ0) is 29.1. The van der Waals surface area contributed by atoms with E-state index in [2.05, 4.69) is 26.4 Å². The van der Waals surface area contributed by atoms with Gasteiger partial charge in [0.2, 0.25) is 27.8 Å². The number of ether oxygens (including phenoxy) is 1. The summed E-state index contributed by atoms with van der Waals surface area (Å²) in [7, 11) is -3.69. The number of nitriles is 1. The summed E-state index contributed by atoms with van der Waals surface area (Å²) in [6, 6.07) is 13.7. The van der Waals surface area contributed by atoms with Crippen molar-refractivity contribution in [2.45, 2.75) is 63.4 Å². The average molecular weight is 591 g/mol. The Labute approximate surface area is 242 Å². The van der Waals surface area contributed by atoms with Crippen LogP contribution >= 0.6 is 11.3 Å². The largest absolute Gasteiger partial charge is 0.437 e. The monoisotopic (exact) mass is 590 g/mol.